The largest absolute Gasteiger partial charge is 0.490 e. The number of fused-ring (bicyclic) bond motifs is 3. The predicted octanol–water partition coefficient (Wildman–Crippen LogP) is 5.51. The van der Waals surface area contributed by atoms with Crippen molar-refractivity contribution in [2.45, 2.75) is 38.0 Å². The average molecular weight is 510 g/mol. The van der Waals surface area contributed by atoms with Crippen molar-refractivity contribution in [2.24, 2.45) is 5.92 Å². The molecule has 2 aromatic rings. The van der Waals surface area contributed by atoms with E-state index in [4.69, 9.17) is 21.1 Å². The zero-order valence-electron chi connectivity index (χ0n) is 20.7. The lowest BCUT2D eigenvalue weighted by molar-refractivity contribution is -0.117. The lowest BCUT2D eigenvalue weighted by Crippen LogP contribution is -2.46. The number of hydrogen-bond acceptors (Lipinski definition) is 4. The van der Waals surface area contributed by atoms with Crippen LogP contribution in [0.4, 0.5) is 8.78 Å². The molecule has 35 heavy (non-hydrogen) atoms. The number of nitrogens with one attached hydrogen (secondary N) is 1. The van der Waals surface area contributed by atoms with E-state index < -0.39 is 17.0 Å². The fraction of sp³-hybridized carbons (Fsp3) is 0.407. The molecule has 0 spiro atoms. The molecule has 1 aliphatic carbocycles. The minimum Gasteiger partial charge on any atom is -0.490 e. The topological polar surface area (TPSA) is 64.6 Å². The molecule has 0 aromatic heterocycles. The second-order valence-electron chi connectivity index (χ2n) is 7.76. The number of aldehydes is 1. The first-order valence-electron chi connectivity index (χ1n) is 10.9. The fourth-order valence-corrected chi connectivity index (χ4v) is 4.00. The van der Waals surface area contributed by atoms with Gasteiger partial charge in [0.05, 0.1) is 12.0 Å². The van der Waals surface area contributed by atoms with E-state index in [2.05, 4.69) is 22.9 Å². The summed E-state index contributed by atoms with van der Waals surface area (Å²) >= 11 is 5.61. The highest BCUT2D eigenvalue weighted by Gasteiger charge is 2.49. The number of aryl methyl sites for hydroxylation is 1. The van der Waals surface area contributed by atoms with Gasteiger partial charge in [-0.1, -0.05) is 42.1 Å². The van der Waals surface area contributed by atoms with Gasteiger partial charge in [0.15, 0.2) is 11.6 Å². The molecule has 0 radical (unpaired) electrons. The summed E-state index contributed by atoms with van der Waals surface area (Å²) in [5, 5.41) is 3.05. The van der Waals surface area contributed by atoms with Crippen molar-refractivity contribution in [3.63, 3.8) is 0 Å². The van der Waals surface area contributed by atoms with Crippen molar-refractivity contribution in [2.75, 3.05) is 27.9 Å². The standard InChI is InChI=1S/C14H14F2O2.C7H7Cl.C2H5NO.C2H6O.C2H2/c15-10-4-5-11(16)13-12(10)14(8-17)6-2-1-3-9(14)7-18-13;1-6-2-4-7(8)5-3-6;1-3-2-4;1-3-2;1-2/h4-5,8-9H,1-3,6-7H2;2-5H,1H3;2H,1H3,(H,3,4);1-2H3;1-2H. The van der Waals surface area contributed by atoms with Crippen molar-refractivity contribution in [1.82, 2.24) is 5.32 Å². The molecule has 8 heteroatoms. The molecule has 1 heterocycles. The monoisotopic (exact) mass is 509 g/mol. The Kier molecular flexibility index (Phi) is 16.0. The van der Waals surface area contributed by atoms with Crippen LogP contribution in [0.3, 0.4) is 0 Å². The van der Waals surface area contributed by atoms with Gasteiger partial charge in [0.2, 0.25) is 6.41 Å². The minimum atomic E-state index is -0.891. The Bertz CT molecular complexity index is 900. The average Bonchev–Trinajstić information content (AvgIpc) is 2.89. The molecule has 2 unspecified atom stereocenters. The Morgan fingerprint density at radius 2 is 1.63 bits per heavy atom. The lowest BCUT2D eigenvalue weighted by Gasteiger charge is -2.44. The summed E-state index contributed by atoms with van der Waals surface area (Å²) in [6.07, 6.45) is 12.7. The van der Waals surface area contributed by atoms with Crippen LogP contribution in [0.5, 0.6) is 5.75 Å². The third-order valence-electron chi connectivity index (χ3n) is 5.41. The number of halogens is 3. The van der Waals surface area contributed by atoms with Crippen molar-refractivity contribution >= 4 is 24.3 Å². The Labute approximate surface area is 212 Å². The van der Waals surface area contributed by atoms with Crippen molar-refractivity contribution < 1.29 is 27.8 Å². The number of carbonyl (C=O) groups excluding carboxylic acids is 2. The molecule has 2 atom stereocenters. The molecular weight excluding hydrogens is 476 g/mol. The van der Waals surface area contributed by atoms with Crippen LogP contribution in [0.15, 0.2) is 36.4 Å². The maximum atomic E-state index is 14.0. The maximum Gasteiger partial charge on any atom is 0.206 e. The first-order valence-corrected chi connectivity index (χ1v) is 11.3. The van der Waals surface area contributed by atoms with Crippen LogP contribution < -0.4 is 10.1 Å². The maximum absolute atomic E-state index is 14.0. The molecule has 1 aliphatic heterocycles. The van der Waals surface area contributed by atoms with Crippen LogP contribution in [-0.2, 0) is 19.7 Å². The van der Waals surface area contributed by atoms with Crippen molar-refractivity contribution in [3.05, 3.63) is 64.2 Å². The van der Waals surface area contributed by atoms with Crippen LogP contribution in [0, 0.1) is 37.3 Å². The summed E-state index contributed by atoms with van der Waals surface area (Å²) in [4.78, 5) is 20.7. The van der Waals surface area contributed by atoms with Gasteiger partial charge in [0, 0.05) is 37.8 Å². The smallest absolute Gasteiger partial charge is 0.206 e. The number of carbonyl (C=O) groups is 2. The van der Waals surface area contributed by atoms with E-state index in [9.17, 15) is 13.6 Å². The SMILES string of the molecule is C#C.CNC=O.COC.Cc1ccc(Cl)cc1.O=CC12CCCCC1COc1c(F)ccc(F)c12. The summed E-state index contributed by atoms with van der Waals surface area (Å²) in [6.45, 7) is 2.34. The zero-order chi connectivity index (χ0) is 26.9. The van der Waals surface area contributed by atoms with E-state index >= 15 is 0 Å². The summed E-state index contributed by atoms with van der Waals surface area (Å²) < 4.78 is 37.4. The Morgan fingerprint density at radius 3 is 2.11 bits per heavy atom. The van der Waals surface area contributed by atoms with Crippen LogP contribution in [0.2, 0.25) is 5.02 Å². The van der Waals surface area contributed by atoms with Gasteiger partial charge in [0.25, 0.3) is 0 Å². The van der Waals surface area contributed by atoms with Gasteiger partial charge in [0.1, 0.15) is 12.1 Å². The number of hydrogen-bond donors (Lipinski definition) is 1. The van der Waals surface area contributed by atoms with Gasteiger partial charge in [-0.25, -0.2) is 8.78 Å². The minimum absolute atomic E-state index is 0.0347. The molecule has 0 bridgehead atoms. The number of methoxy groups -OCH3 is 1. The van der Waals surface area contributed by atoms with E-state index in [0.717, 1.165) is 42.7 Å². The molecule has 1 amide bonds. The normalized spacial score (nSPS) is 18.7. The van der Waals surface area contributed by atoms with Gasteiger partial charge < -0.3 is 19.6 Å². The first kappa shape index (κ1) is 32.1. The third kappa shape index (κ3) is 9.31. The third-order valence-corrected chi connectivity index (χ3v) is 5.67. The Morgan fingerprint density at radius 1 is 1.09 bits per heavy atom. The van der Waals surface area contributed by atoms with E-state index in [1.54, 1.807) is 21.3 Å². The van der Waals surface area contributed by atoms with E-state index in [0.29, 0.717) is 19.4 Å². The Balaban J connectivity index is 0.000000565. The predicted molar refractivity (Wildman–Crippen MR) is 136 cm³/mol. The molecule has 0 saturated heterocycles. The van der Waals surface area contributed by atoms with Crippen molar-refractivity contribution in [3.8, 4) is 18.6 Å². The van der Waals surface area contributed by atoms with Crippen LogP contribution in [0.25, 0.3) is 0 Å². The van der Waals surface area contributed by atoms with E-state index in [-0.39, 0.29) is 17.2 Å². The second kappa shape index (κ2) is 17.5. The molecule has 4 rings (SSSR count). The summed E-state index contributed by atoms with van der Waals surface area (Å²) in [7, 11) is 4.81. The zero-order valence-corrected chi connectivity index (χ0v) is 21.4. The molecule has 1 fully saturated rings. The van der Waals surface area contributed by atoms with Gasteiger partial charge in [-0.05, 0) is 44.0 Å². The molecule has 5 nitrogen and oxygen atoms in total. The highest BCUT2D eigenvalue weighted by Crippen LogP contribution is 2.50. The molecular formula is C27H34ClF2NO4. The van der Waals surface area contributed by atoms with Gasteiger partial charge >= 0.3 is 0 Å². The van der Waals surface area contributed by atoms with Gasteiger partial charge in [-0.15, -0.1) is 12.8 Å². The van der Waals surface area contributed by atoms with Crippen molar-refractivity contribution in [1.29, 1.82) is 0 Å². The first-order chi connectivity index (χ1) is 16.8. The quantitative estimate of drug-likeness (QED) is 0.428. The van der Waals surface area contributed by atoms with Gasteiger partial charge in [-0.3, -0.25) is 4.79 Å². The summed E-state index contributed by atoms with van der Waals surface area (Å²) in [5.74, 6) is -1.23. The number of rotatable bonds is 2. The number of benzene rings is 2. The molecule has 192 valence electrons. The van der Waals surface area contributed by atoms with Crippen LogP contribution >= 0.6 is 11.6 Å². The lowest BCUT2D eigenvalue weighted by atomic mass is 9.62. The summed E-state index contributed by atoms with van der Waals surface area (Å²) in [6, 6.07) is 9.88. The highest BCUT2D eigenvalue weighted by atomic mass is 35.5. The number of terminal acetylenes is 1. The van der Waals surface area contributed by atoms with E-state index in [1.165, 1.54) is 5.56 Å². The second-order valence-corrected chi connectivity index (χ2v) is 8.19. The number of amides is 1. The fourth-order valence-electron chi connectivity index (χ4n) is 3.87. The molecule has 2 aromatic carbocycles. The molecule has 1 N–H and O–H groups in total. The number of ether oxygens (including phenoxy) is 2. The van der Waals surface area contributed by atoms with E-state index in [1.807, 2.05) is 31.2 Å². The molecule has 1 saturated carbocycles. The Hall–Kier alpha value is -2.95. The van der Waals surface area contributed by atoms with Crippen LogP contribution in [0.1, 0.15) is 36.8 Å². The highest BCUT2D eigenvalue weighted by molar-refractivity contribution is 6.30. The van der Waals surface area contributed by atoms with Gasteiger partial charge in [-0.2, -0.15) is 0 Å². The molecule has 2 aliphatic rings. The van der Waals surface area contributed by atoms with Crippen LogP contribution in [-0.4, -0.2) is 40.6 Å². The summed E-state index contributed by atoms with van der Waals surface area (Å²) in [5.41, 5.74) is 0.487.